The minimum Gasteiger partial charge on any atom is -0.448 e. The predicted octanol–water partition coefficient (Wildman–Crippen LogP) is 1.29. The maximum atomic E-state index is 11.9. The standard InChI is InChI=1S/C10H12O4S/c1-8-5-3-4-6-10(8)15(12,13)9(2)14-7-11/h3-7,9H,1-2H3. The minimum absolute atomic E-state index is 0.139. The summed E-state index contributed by atoms with van der Waals surface area (Å²) < 4.78 is 28.2. The number of aryl methyl sites for hydroxylation is 1. The Morgan fingerprint density at radius 1 is 1.33 bits per heavy atom. The number of carbonyl (C=O) groups is 1. The van der Waals surface area contributed by atoms with Gasteiger partial charge in [0, 0.05) is 0 Å². The maximum absolute atomic E-state index is 11.9. The van der Waals surface area contributed by atoms with E-state index in [-0.39, 0.29) is 11.4 Å². The summed E-state index contributed by atoms with van der Waals surface area (Å²) in [5, 5.41) is 0. The maximum Gasteiger partial charge on any atom is 0.294 e. The summed E-state index contributed by atoms with van der Waals surface area (Å²) >= 11 is 0. The summed E-state index contributed by atoms with van der Waals surface area (Å²) in [5.74, 6) is 0. The average molecular weight is 228 g/mol. The van der Waals surface area contributed by atoms with Crippen molar-refractivity contribution in [3.8, 4) is 0 Å². The molecule has 0 saturated heterocycles. The Bertz CT molecular complexity index is 450. The molecule has 1 aromatic rings. The zero-order valence-electron chi connectivity index (χ0n) is 8.51. The van der Waals surface area contributed by atoms with Crippen LogP contribution in [0.4, 0.5) is 0 Å². The molecule has 0 N–H and O–H groups in total. The molecule has 0 bridgehead atoms. The highest BCUT2D eigenvalue weighted by molar-refractivity contribution is 7.92. The van der Waals surface area contributed by atoms with Crippen molar-refractivity contribution in [3.63, 3.8) is 0 Å². The van der Waals surface area contributed by atoms with E-state index in [2.05, 4.69) is 4.74 Å². The summed E-state index contributed by atoms with van der Waals surface area (Å²) in [7, 11) is -3.59. The predicted molar refractivity (Wildman–Crippen MR) is 55.0 cm³/mol. The second-order valence-electron chi connectivity index (χ2n) is 3.11. The Hall–Kier alpha value is -1.36. The molecule has 0 aromatic heterocycles. The quantitative estimate of drug-likeness (QED) is 0.728. The van der Waals surface area contributed by atoms with Gasteiger partial charge in [-0.15, -0.1) is 0 Å². The van der Waals surface area contributed by atoms with Gasteiger partial charge >= 0.3 is 0 Å². The fourth-order valence-electron chi connectivity index (χ4n) is 1.21. The van der Waals surface area contributed by atoms with Gasteiger partial charge in [-0.3, -0.25) is 4.79 Å². The van der Waals surface area contributed by atoms with Crippen molar-refractivity contribution in [1.29, 1.82) is 0 Å². The Kier molecular flexibility index (Phi) is 3.47. The van der Waals surface area contributed by atoms with E-state index in [0.717, 1.165) is 0 Å². The molecule has 1 unspecified atom stereocenters. The molecule has 0 aliphatic carbocycles. The van der Waals surface area contributed by atoms with Crippen molar-refractivity contribution < 1.29 is 17.9 Å². The first-order valence-electron chi connectivity index (χ1n) is 4.38. The molecule has 0 saturated carbocycles. The minimum atomic E-state index is -3.59. The van der Waals surface area contributed by atoms with Crippen molar-refractivity contribution in [2.45, 2.75) is 24.2 Å². The van der Waals surface area contributed by atoms with Crippen LogP contribution in [0, 0.1) is 6.92 Å². The Labute approximate surface area is 88.8 Å². The van der Waals surface area contributed by atoms with E-state index in [9.17, 15) is 13.2 Å². The lowest BCUT2D eigenvalue weighted by Gasteiger charge is -2.12. The van der Waals surface area contributed by atoms with Crippen molar-refractivity contribution in [2.24, 2.45) is 0 Å². The van der Waals surface area contributed by atoms with E-state index in [1.807, 2.05) is 0 Å². The molecule has 1 atom stereocenters. The van der Waals surface area contributed by atoms with Gasteiger partial charge < -0.3 is 4.74 Å². The zero-order valence-corrected chi connectivity index (χ0v) is 9.32. The Balaban J connectivity index is 3.17. The monoisotopic (exact) mass is 228 g/mol. The zero-order chi connectivity index (χ0) is 11.5. The van der Waals surface area contributed by atoms with Gasteiger partial charge in [-0.1, -0.05) is 18.2 Å². The number of benzene rings is 1. The Morgan fingerprint density at radius 3 is 2.47 bits per heavy atom. The number of ether oxygens (including phenoxy) is 1. The van der Waals surface area contributed by atoms with Crippen molar-refractivity contribution >= 4 is 16.3 Å². The number of rotatable bonds is 4. The van der Waals surface area contributed by atoms with Gasteiger partial charge in [-0.05, 0) is 25.5 Å². The second-order valence-corrected chi connectivity index (χ2v) is 5.30. The Morgan fingerprint density at radius 2 is 1.93 bits per heavy atom. The molecule has 0 radical (unpaired) electrons. The van der Waals surface area contributed by atoms with Gasteiger partial charge in [0.25, 0.3) is 6.47 Å². The van der Waals surface area contributed by atoms with E-state index < -0.39 is 15.3 Å². The molecule has 0 fully saturated rings. The summed E-state index contributed by atoms with van der Waals surface area (Å²) in [6.45, 7) is 3.16. The largest absolute Gasteiger partial charge is 0.448 e. The molecule has 0 aliphatic heterocycles. The SMILES string of the molecule is Cc1ccccc1S(=O)(=O)C(C)OC=O. The van der Waals surface area contributed by atoms with Gasteiger partial charge in [-0.2, -0.15) is 0 Å². The molecule has 15 heavy (non-hydrogen) atoms. The summed E-state index contributed by atoms with van der Waals surface area (Å²) in [4.78, 5) is 10.3. The summed E-state index contributed by atoms with van der Waals surface area (Å²) in [6.07, 6.45) is 0. The number of hydrogen-bond donors (Lipinski definition) is 0. The van der Waals surface area contributed by atoms with E-state index in [4.69, 9.17) is 0 Å². The van der Waals surface area contributed by atoms with Gasteiger partial charge in [-0.25, -0.2) is 8.42 Å². The highest BCUT2D eigenvalue weighted by Crippen LogP contribution is 2.19. The van der Waals surface area contributed by atoms with Gasteiger partial charge in [0.15, 0.2) is 0 Å². The van der Waals surface area contributed by atoms with E-state index in [0.29, 0.717) is 5.56 Å². The first kappa shape index (κ1) is 11.7. The molecule has 1 aromatic carbocycles. The third-order valence-corrected chi connectivity index (χ3v) is 4.14. The molecule has 82 valence electrons. The van der Waals surface area contributed by atoms with Crippen LogP contribution < -0.4 is 0 Å². The van der Waals surface area contributed by atoms with Crippen LogP contribution in [0.3, 0.4) is 0 Å². The summed E-state index contributed by atoms with van der Waals surface area (Å²) in [5.41, 5.74) is -0.519. The average Bonchev–Trinajstić information content (AvgIpc) is 2.18. The smallest absolute Gasteiger partial charge is 0.294 e. The van der Waals surface area contributed by atoms with Crippen LogP contribution in [0.5, 0.6) is 0 Å². The molecule has 0 heterocycles. The summed E-state index contributed by atoms with van der Waals surface area (Å²) in [6, 6.07) is 6.57. The van der Waals surface area contributed by atoms with Crippen molar-refractivity contribution in [2.75, 3.05) is 0 Å². The number of carbonyl (C=O) groups excluding carboxylic acids is 1. The highest BCUT2D eigenvalue weighted by Gasteiger charge is 2.25. The van der Waals surface area contributed by atoms with Crippen LogP contribution in [-0.2, 0) is 19.4 Å². The number of hydrogen-bond acceptors (Lipinski definition) is 4. The lowest BCUT2D eigenvalue weighted by atomic mass is 10.2. The van der Waals surface area contributed by atoms with Crippen LogP contribution in [0.1, 0.15) is 12.5 Å². The van der Waals surface area contributed by atoms with Crippen molar-refractivity contribution in [1.82, 2.24) is 0 Å². The molecule has 0 aliphatic rings. The lowest BCUT2D eigenvalue weighted by molar-refractivity contribution is -0.129. The van der Waals surface area contributed by atoms with Crippen LogP contribution in [0.2, 0.25) is 0 Å². The third-order valence-electron chi connectivity index (χ3n) is 2.08. The normalized spacial score (nSPS) is 13.2. The molecular formula is C10H12O4S. The number of sulfone groups is 1. The first-order chi connectivity index (χ1) is 7.00. The van der Waals surface area contributed by atoms with Crippen LogP contribution in [0.25, 0.3) is 0 Å². The topological polar surface area (TPSA) is 60.4 Å². The van der Waals surface area contributed by atoms with Crippen LogP contribution >= 0.6 is 0 Å². The second kappa shape index (κ2) is 4.44. The van der Waals surface area contributed by atoms with Crippen LogP contribution in [0.15, 0.2) is 29.2 Å². The molecule has 4 nitrogen and oxygen atoms in total. The first-order valence-corrected chi connectivity index (χ1v) is 5.93. The van der Waals surface area contributed by atoms with E-state index >= 15 is 0 Å². The fourth-order valence-corrected chi connectivity index (χ4v) is 2.54. The van der Waals surface area contributed by atoms with Gasteiger partial charge in [0.2, 0.25) is 15.3 Å². The molecular weight excluding hydrogens is 216 g/mol. The molecule has 5 heteroatoms. The van der Waals surface area contributed by atoms with E-state index in [1.165, 1.54) is 13.0 Å². The lowest BCUT2D eigenvalue weighted by Crippen LogP contribution is -2.21. The molecule has 1 rings (SSSR count). The van der Waals surface area contributed by atoms with Crippen LogP contribution in [-0.4, -0.2) is 20.3 Å². The van der Waals surface area contributed by atoms with E-state index in [1.54, 1.807) is 25.1 Å². The van der Waals surface area contributed by atoms with Gasteiger partial charge in [0.05, 0.1) is 4.90 Å². The highest BCUT2D eigenvalue weighted by atomic mass is 32.2. The fraction of sp³-hybridized carbons (Fsp3) is 0.300. The third kappa shape index (κ3) is 2.36. The van der Waals surface area contributed by atoms with Gasteiger partial charge in [0.1, 0.15) is 0 Å². The molecule has 0 spiro atoms. The molecule has 0 amide bonds. The van der Waals surface area contributed by atoms with Crippen molar-refractivity contribution in [3.05, 3.63) is 29.8 Å².